The molecule has 228 valence electrons. The average Bonchev–Trinajstić information content (AvgIpc) is 2.93. The molecular formula is C33H63N3O3. The van der Waals surface area contributed by atoms with Crippen molar-refractivity contribution in [1.29, 1.82) is 0 Å². The van der Waals surface area contributed by atoms with Crippen LogP contribution >= 0.6 is 0 Å². The number of carbonyl (C=O) groups is 2. The molecule has 2 amide bonds. The first-order valence-electron chi connectivity index (χ1n) is 16.4. The maximum absolute atomic E-state index is 13.2. The highest BCUT2D eigenvalue weighted by Gasteiger charge is 2.31. The predicted molar refractivity (Wildman–Crippen MR) is 165 cm³/mol. The molecular weight excluding hydrogens is 486 g/mol. The van der Waals surface area contributed by atoms with Crippen molar-refractivity contribution in [2.24, 2.45) is 11.8 Å². The fourth-order valence-corrected chi connectivity index (χ4v) is 5.47. The zero-order valence-corrected chi connectivity index (χ0v) is 26.2. The van der Waals surface area contributed by atoms with Crippen molar-refractivity contribution in [2.45, 2.75) is 129 Å². The van der Waals surface area contributed by atoms with Crippen LogP contribution in [-0.4, -0.2) is 69.2 Å². The molecule has 0 bridgehead atoms. The minimum Gasteiger partial charge on any atom is -0.449 e. The lowest BCUT2D eigenvalue weighted by Gasteiger charge is -2.30. The number of allylic oxidation sites excluding steroid dienone is 2. The van der Waals surface area contributed by atoms with Gasteiger partial charge in [0.15, 0.2) is 0 Å². The second kappa shape index (κ2) is 24.3. The van der Waals surface area contributed by atoms with E-state index in [2.05, 4.69) is 29.3 Å². The van der Waals surface area contributed by atoms with Gasteiger partial charge in [-0.25, -0.2) is 4.79 Å². The molecule has 2 unspecified atom stereocenters. The van der Waals surface area contributed by atoms with E-state index in [-0.39, 0.29) is 23.8 Å². The Morgan fingerprint density at radius 3 is 1.77 bits per heavy atom. The first-order valence-corrected chi connectivity index (χ1v) is 16.4. The van der Waals surface area contributed by atoms with Crippen molar-refractivity contribution in [2.75, 3.05) is 47.4 Å². The zero-order chi connectivity index (χ0) is 28.6. The van der Waals surface area contributed by atoms with Gasteiger partial charge < -0.3 is 19.9 Å². The quantitative estimate of drug-likeness (QED) is 0.0980. The Hall–Kier alpha value is -1.56. The van der Waals surface area contributed by atoms with Gasteiger partial charge in [0.1, 0.15) is 0 Å². The average molecular weight is 550 g/mol. The fourth-order valence-electron chi connectivity index (χ4n) is 5.47. The van der Waals surface area contributed by atoms with Gasteiger partial charge in [0.25, 0.3) is 0 Å². The number of carbonyl (C=O) groups excluding carboxylic acids is 2. The van der Waals surface area contributed by atoms with Crippen molar-refractivity contribution in [1.82, 2.24) is 15.1 Å². The van der Waals surface area contributed by atoms with E-state index in [0.29, 0.717) is 13.2 Å². The number of nitrogens with one attached hydrogen (secondary N) is 1. The molecule has 0 saturated heterocycles. The van der Waals surface area contributed by atoms with Crippen LogP contribution in [0.2, 0.25) is 0 Å². The summed E-state index contributed by atoms with van der Waals surface area (Å²) in [5.41, 5.74) is 0. The van der Waals surface area contributed by atoms with E-state index in [1.54, 1.807) is 0 Å². The molecule has 0 aromatic rings. The van der Waals surface area contributed by atoms with Crippen LogP contribution in [0.1, 0.15) is 129 Å². The summed E-state index contributed by atoms with van der Waals surface area (Å²) >= 11 is 0. The van der Waals surface area contributed by atoms with Crippen molar-refractivity contribution in [3.8, 4) is 0 Å². The third-order valence-corrected chi connectivity index (χ3v) is 8.08. The molecule has 1 aliphatic carbocycles. The van der Waals surface area contributed by atoms with Gasteiger partial charge in [0.05, 0.1) is 6.61 Å². The van der Waals surface area contributed by atoms with Crippen LogP contribution in [0.5, 0.6) is 0 Å². The van der Waals surface area contributed by atoms with E-state index in [1.807, 2.05) is 26.0 Å². The SMILES string of the molecule is CCCCCCCCCCCCCCCCCCN(C)C(=O)C1CC=CCC1COC(=O)NCCCN(C)C. The third kappa shape index (κ3) is 19.2. The topological polar surface area (TPSA) is 61.9 Å². The number of nitrogens with zero attached hydrogens (tertiary/aromatic N) is 2. The van der Waals surface area contributed by atoms with E-state index in [0.717, 1.165) is 38.8 Å². The molecule has 6 heteroatoms. The molecule has 1 rings (SSSR count). The van der Waals surface area contributed by atoms with Crippen molar-refractivity contribution in [3.05, 3.63) is 12.2 Å². The summed E-state index contributed by atoms with van der Waals surface area (Å²) in [6, 6.07) is 0. The highest BCUT2D eigenvalue weighted by Crippen LogP contribution is 2.28. The van der Waals surface area contributed by atoms with Crippen molar-refractivity contribution >= 4 is 12.0 Å². The predicted octanol–water partition coefficient (Wildman–Crippen LogP) is 7.97. The normalized spacial score (nSPS) is 16.9. The maximum atomic E-state index is 13.2. The highest BCUT2D eigenvalue weighted by molar-refractivity contribution is 5.79. The molecule has 0 aromatic carbocycles. The van der Waals surface area contributed by atoms with Gasteiger partial charge in [-0.3, -0.25) is 4.79 Å². The van der Waals surface area contributed by atoms with Gasteiger partial charge >= 0.3 is 6.09 Å². The van der Waals surface area contributed by atoms with Crippen LogP contribution in [0.4, 0.5) is 4.79 Å². The van der Waals surface area contributed by atoms with Crippen molar-refractivity contribution < 1.29 is 14.3 Å². The molecule has 1 aliphatic rings. The molecule has 39 heavy (non-hydrogen) atoms. The number of ether oxygens (including phenoxy) is 1. The lowest BCUT2D eigenvalue weighted by atomic mass is 9.82. The lowest BCUT2D eigenvalue weighted by Crippen LogP contribution is -2.40. The first kappa shape index (κ1) is 35.5. The highest BCUT2D eigenvalue weighted by atomic mass is 16.5. The Bertz CT molecular complexity index is 638. The number of unbranched alkanes of at least 4 members (excludes halogenated alkanes) is 15. The second-order valence-corrected chi connectivity index (χ2v) is 12.1. The lowest BCUT2D eigenvalue weighted by molar-refractivity contribution is -0.136. The summed E-state index contributed by atoms with van der Waals surface area (Å²) in [4.78, 5) is 29.2. The summed E-state index contributed by atoms with van der Waals surface area (Å²) < 4.78 is 5.47. The molecule has 0 radical (unpaired) electrons. The van der Waals surface area contributed by atoms with Gasteiger partial charge in [-0.15, -0.1) is 0 Å². The molecule has 0 spiro atoms. The zero-order valence-electron chi connectivity index (χ0n) is 26.2. The summed E-state index contributed by atoms with van der Waals surface area (Å²) in [6.07, 6.45) is 28.0. The van der Waals surface area contributed by atoms with E-state index >= 15 is 0 Å². The van der Waals surface area contributed by atoms with E-state index < -0.39 is 0 Å². The Balaban J connectivity index is 2.07. The Kier molecular flexibility index (Phi) is 22.1. The van der Waals surface area contributed by atoms with Crippen molar-refractivity contribution in [3.63, 3.8) is 0 Å². The Morgan fingerprint density at radius 1 is 0.718 bits per heavy atom. The smallest absolute Gasteiger partial charge is 0.407 e. The summed E-state index contributed by atoms with van der Waals surface area (Å²) in [7, 11) is 5.97. The van der Waals surface area contributed by atoms with Crippen LogP contribution < -0.4 is 5.32 Å². The number of alkyl carbamates (subject to hydrolysis) is 1. The molecule has 0 aliphatic heterocycles. The fraction of sp³-hybridized carbons (Fsp3) is 0.879. The second-order valence-electron chi connectivity index (χ2n) is 12.1. The molecule has 0 fully saturated rings. The van der Waals surface area contributed by atoms with E-state index in [4.69, 9.17) is 4.74 Å². The largest absolute Gasteiger partial charge is 0.449 e. The number of hydrogen-bond acceptors (Lipinski definition) is 4. The van der Waals surface area contributed by atoms with Crippen LogP contribution in [0.15, 0.2) is 12.2 Å². The molecule has 6 nitrogen and oxygen atoms in total. The monoisotopic (exact) mass is 549 g/mol. The van der Waals surface area contributed by atoms with Gasteiger partial charge in [-0.2, -0.15) is 0 Å². The van der Waals surface area contributed by atoms with Gasteiger partial charge in [-0.05, 0) is 46.3 Å². The van der Waals surface area contributed by atoms with Crippen LogP contribution in [0, 0.1) is 11.8 Å². The van der Waals surface area contributed by atoms with E-state index in [9.17, 15) is 9.59 Å². The van der Waals surface area contributed by atoms with Gasteiger partial charge in [-0.1, -0.05) is 115 Å². The summed E-state index contributed by atoms with van der Waals surface area (Å²) in [5.74, 6) is 0.158. The molecule has 1 N–H and O–H groups in total. The number of amides is 2. The minimum atomic E-state index is -0.379. The van der Waals surface area contributed by atoms with Crippen LogP contribution in [0.25, 0.3) is 0 Å². The molecule has 0 saturated carbocycles. The van der Waals surface area contributed by atoms with Crippen LogP contribution in [0.3, 0.4) is 0 Å². The third-order valence-electron chi connectivity index (χ3n) is 8.08. The van der Waals surface area contributed by atoms with E-state index in [1.165, 1.54) is 96.3 Å². The molecule has 0 aromatic heterocycles. The number of rotatable bonds is 24. The number of hydrogen-bond donors (Lipinski definition) is 1. The Morgan fingerprint density at radius 2 is 1.23 bits per heavy atom. The molecule has 2 atom stereocenters. The standard InChI is InChI=1S/C33H63N3O3/c1-5-6-7-8-9-10-11-12-13-14-15-16-17-18-19-22-28-36(4)32(37)31-25-21-20-24-30(31)29-39-33(38)34-26-23-27-35(2)3/h20-21,30-31H,5-19,22-29H2,1-4H3,(H,34,38). The summed E-state index contributed by atoms with van der Waals surface area (Å²) in [6.45, 7) is 4.93. The first-order chi connectivity index (χ1) is 19.0. The van der Waals surface area contributed by atoms with Gasteiger partial charge in [0.2, 0.25) is 5.91 Å². The summed E-state index contributed by atoms with van der Waals surface area (Å²) in [5, 5.41) is 2.82. The van der Waals surface area contributed by atoms with Crippen LogP contribution in [-0.2, 0) is 9.53 Å². The Labute approximate surface area is 241 Å². The minimum absolute atomic E-state index is 0.0586. The maximum Gasteiger partial charge on any atom is 0.407 e. The molecule has 0 heterocycles. The van der Waals surface area contributed by atoms with Gasteiger partial charge in [0, 0.05) is 32.0 Å².